The summed E-state index contributed by atoms with van der Waals surface area (Å²) in [6.45, 7) is 4.69. The first-order valence-electron chi connectivity index (χ1n) is 3.72. The first kappa shape index (κ1) is 8.81. The van der Waals surface area contributed by atoms with E-state index in [4.69, 9.17) is 16.3 Å². The SMILES string of the molecule is CC1COCCN(C(=O)Cl)C1. The molecule has 0 N–H and O–H groups in total. The lowest BCUT2D eigenvalue weighted by atomic mass is 10.2. The number of hydrogen-bond donors (Lipinski definition) is 0. The minimum absolute atomic E-state index is 0.373. The molecule has 1 heterocycles. The molecule has 0 saturated carbocycles. The Hall–Kier alpha value is -0.280. The summed E-state index contributed by atoms with van der Waals surface area (Å²) in [7, 11) is 0. The maximum atomic E-state index is 10.7. The van der Waals surface area contributed by atoms with Crippen LogP contribution < -0.4 is 0 Å². The summed E-state index contributed by atoms with van der Waals surface area (Å²) >= 11 is 5.33. The number of ether oxygens (including phenoxy) is 1. The normalized spacial score (nSPS) is 26.4. The monoisotopic (exact) mass is 177 g/mol. The van der Waals surface area contributed by atoms with E-state index < -0.39 is 0 Å². The summed E-state index contributed by atoms with van der Waals surface area (Å²) in [4.78, 5) is 12.3. The molecule has 11 heavy (non-hydrogen) atoms. The topological polar surface area (TPSA) is 29.5 Å². The Morgan fingerprint density at radius 3 is 3.09 bits per heavy atom. The highest BCUT2D eigenvalue weighted by Gasteiger charge is 2.17. The Kier molecular flexibility index (Phi) is 3.15. The van der Waals surface area contributed by atoms with Crippen molar-refractivity contribution in [1.29, 1.82) is 0 Å². The standard InChI is InChI=1S/C7H12ClNO2/c1-6-4-9(7(8)10)2-3-11-5-6/h6H,2-5H2,1H3. The number of hydrogen-bond acceptors (Lipinski definition) is 2. The quantitative estimate of drug-likeness (QED) is 0.413. The van der Waals surface area contributed by atoms with Crippen molar-refractivity contribution < 1.29 is 9.53 Å². The smallest absolute Gasteiger partial charge is 0.316 e. The summed E-state index contributed by atoms with van der Waals surface area (Å²) in [5.74, 6) is 0.389. The van der Waals surface area contributed by atoms with Gasteiger partial charge in [0.2, 0.25) is 0 Å². The minimum atomic E-state index is -0.373. The van der Waals surface area contributed by atoms with Crippen LogP contribution in [0.1, 0.15) is 6.92 Å². The van der Waals surface area contributed by atoms with Crippen molar-refractivity contribution in [3.63, 3.8) is 0 Å². The van der Waals surface area contributed by atoms with Crippen LogP contribution in [0.2, 0.25) is 0 Å². The zero-order valence-corrected chi connectivity index (χ0v) is 7.30. The predicted octanol–water partition coefficient (Wildman–Crippen LogP) is 1.31. The van der Waals surface area contributed by atoms with Gasteiger partial charge in [0.05, 0.1) is 13.2 Å². The van der Waals surface area contributed by atoms with Crippen molar-refractivity contribution in [1.82, 2.24) is 4.90 Å². The summed E-state index contributed by atoms with van der Waals surface area (Å²) in [6.07, 6.45) is 0. The van der Waals surface area contributed by atoms with Crippen LogP contribution in [0.5, 0.6) is 0 Å². The molecule has 0 aromatic rings. The van der Waals surface area contributed by atoms with Crippen molar-refractivity contribution in [3.05, 3.63) is 0 Å². The number of rotatable bonds is 0. The molecule has 0 bridgehead atoms. The van der Waals surface area contributed by atoms with Gasteiger partial charge >= 0.3 is 5.37 Å². The van der Waals surface area contributed by atoms with Crippen molar-refractivity contribution in [2.75, 3.05) is 26.3 Å². The summed E-state index contributed by atoms with van der Waals surface area (Å²) < 4.78 is 5.23. The Morgan fingerprint density at radius 1 is 1.73 bits per heavy atom. The minimum Gasteiger partial charge on any atom is -0.379 e. The van der Waals surface area contributed by atoms with Crippen molar-refractivity contribution in [2.24, 2.45) is 5.92 Å². The van der Waals surface area contributed by atoms with Crippen LogP contribution in [-0.2, 0) is 4.74 Å². The first-order valence-corrected chi connectivity index (χ1v) is 4.10. The van der Waals surface area contributed by atoms with E-state index >= 15 is 0 Å². The largest absolute Gasteiger partial charge is 0.379 e. The maximum absolute atomic E-state index is 10.7. The Bertz CT molecular complexity index is 151. The number of amides is 1. The second-order valence-electron chi connectivity index (χ2n) is 2.88. The van der Waals surface area contributed by atoms with Gasteiger partial charge in [-0.15, -0.1) is 0 Å². The van der Waals surface area contributed by atoms with Crippen LogP contribution in [0.15, 0.2) is 0 Å². The highest BCUT2D eigenvalue weighted by Crippen LogP contribution is 2.07. The van der Waals surface area contributed by atoms with Crippen molar-refractivity contribution >= 4 is 17.0 Å². The fraction of sp³-hybridized carbons (Fsp3) is 0.857. The van der Waals surface area contributed by atoms with E-state index in [0.717, 1.165) is 6.61 Å². The van der Waals surface area contributed by atoms with Gasteiger partial charge in [-0.1, -0.05) is 6.92 Å². The molecular formula is C7H12ClNO2. The Balaban J connectivity index is 2.45. The molecule has 1 saturated heterocycles. The molecule has 4 heteroatoms. The molecule has 1 atom stereocenters. The molecule has 1 unspecified atom stereocenters. The van der Waals surface area contributed by atoms with Gasteiger partial charge in [0, 0.05) is 13.1 Å². The molecule has 3 nitrogen and oxygen atoms in total. The first-order chi connectivity index (χ1) is 5.20. The van der Waals surface area contributed by atoms with Crippen LogP contribution in [0.4, 0.5) is 4.79 Å². The second kappa shape index (κ2) is 3.93. The molecule has 0 radical (unpaired) electrons. The van der Waals surface area contributed by atoms with Crippen LogP contribution in [0, 0.1) is 5.92 Å². The highest BCUT2D eigenvalue weighted by molar-refractivity contribution is 6.62. The van der Waals surface area contributed by atoms with Gasteiger partial charge in [-0.2, -0.15) is 0 Å². The molecule has 0 aliphatic carbocycles. The van der Waals surface area contributed by atoms with E-state index in [1.807, 2.05) is 6.92 Å². The Morgan fingerprint density at radius 2 is 2.45 bits per heavy atom. The van der Waals surface area contributed by atoms with Gasteiger partial charge in [0.1, 0.15) is 0 Å². The number of carbonyl (C=O) groups is 1. The van der Waals surface area contributed by atoms with Gasteiger partial charge in [-0.25, -0.2) is 0 Å². The van der Waals surface area contributed by atoms with E-state index in [9.17, 15) is 4.79 Å². The van der Waals surface area contributed by atoms with Gasteiger partial charge in [0.15, 0.2) is 0 Å². The molecule has 1 aliphatic heterocycles. The van der Waals surface area contributed by atoms with Gasteiger partial charge in [0.25, 0.3) is 0 Å². The fourth-order valence-electron chi connectivity index (χ4n) is 1.14. The molecule has 1 rings (SSSR count). The van der Waals surface area contributed by atoms with E-state index in [-0.39, 0.29) is 5.37 Å². The van der Waals surface area contributed by atoms with Crippen molar-refractivity contribution in [2.45, 2.75) is 6.92 Å². The van der Waals surface area contributed by atoms with Crippen molar-refractivity contribution in [3.8, 4) is 0 Å². The highest BCUT2D eigenvalue weighted by atomic mass is 35.5. The third-order valence-corrected chi connectivity index (χ3v) is 1.93. The maximum Gasteiger partial charge on any atom is 0.316 e. The zero-order chi connectivity index (χ0) is 8.27. The van der Waals surface area contributed by atoms with Crippen LogP contribution in [-0.4, -0.2) is 36.6 Å². The van der Waals surface area contributed by atoms with E-state index in [1.54, 1.807) is 4.90 Å². The van der Waals surface area contributed by atoms with Crippen LogP contribution in [0.25, 0.3) is 0 Å². The van der Waals surface area contributed by atoms with E-state index in [0.29, 0.717) is 25.6 Å². The number of nitrogens with zero attached hydrogens (tertiary/aromatic N) is 1. The second-order valence-corrected chi connectivity index (χ2v) is 3.20. The Labute approximate surface area is 71.3 Å². The van der Waals surface area contributed by atoms with Crippen LogP contribution >= 0.6 is 11.6 Å². The average molecular weight is 178 g/mol. The van der Waals surface area contributed by atoms with Gasteiger partial charge in [-0.3, -0.25) is 4.79 Å². The predicted molar refractivity (Wildman–Crippen MR) is 42.8 cm³/mol. The third-order valence-electron chi connectivity index (χ3n) is 1.69. The molecule has 0 aromatic carbocycles. The molecule has 1 fully saturated rings. The molecular weight excluding hydrogens is 166 g/mol. The number of carbonyl (C=O) groups excluding carboxylic acids is 1. The lowest BCUT2D eigenvalue weighted by Crippen LogP contribution is -2.31. The van der Waals surface area contributed by atoms with E-state index in [1.165, 1.54) is 0 Å². The molecule has 1 aliphatic rings. The third kappa shape index (κ3) is 2.67. The summed E-state index contributed by atoms with van der Waals surface area (Å²) in [6, 6.07) is 0. The number of halogens is 1. The van der Waals surface area contributed by atoms with E-state index in [2.05, 4.69) is 0 Å². The fourth-order valence-corrected chi connectivity index (χ4v) is 1.29. The van der Waals surface area contributed by atoms with Gasteiger partial charge < -0.3 is 9.64 Å². The molecule has 0 aromatic heterocycles. The summed E-state index contributed by atoms with van der Waals surface area (Å²) in [5, 5.41) is -0.373. The average Bonchev–Trinajstić information content (AvgIpc) is 2.13. The lowest BCUT2D eigenvalue weighted by molar-refractivity contribution is 0.127. The molecule has 64 valence electrons. The van der Waals surface area contributed by atoms with Crippen LogP contribution in [0.3, 0.4) is 0 Å². The van der Waals surface area contributed by atoms with Gasteiger partial charge in [-0.05, 0) is 17.5 Å². The molecule has 0 spiro atoms. The summed E-state index contributed by atoms with van der Waals surface area (Å²) in [5.41, 5.74) is 0. The molecule has 1 amide bonds. The lowest BCUT2D eigenvalue weighted by Gasteiger charge is -2.17. The zero-order valence-electron chi connectivity index (χ0n) is 6.55.